The van der Waals surface area contributed by atoms with E-state index in [0.717, 1.165) is 37.8 Å². The predicted molar refractivity (Wildman–Crippen MR) is 287 cm³/mol. The highest BCUT2D eigenvalue weighted by atomic mass is 32.1. The van der Waals surface area contributed by atoms with Crippen LogP contribution in [-0.4, -0.2) is 200 Å². The molecule has 0 spiro atoms. The number of rotatable bonds is 14. The average Bonchev–Trinajstić information content (AvgIpc) is 2.43. The highest BCUT2D eigenvalue weighted by Gasteiger charge is 2.54. The third-order valence-corrected chi connectivity index (χ3v) is 17.8. The van der Waals surface area contributed by atoms with Gasteiger partial charge in [0.15, 0.2) is 45.0 Å². The molecule has 2 aromatic carbocycles. The molecule has 0 unspecified atom stereocenters. The third kappa shape index (κ3) is 10.3. The van der Waals surface area contributed by atoms with Gasteiger partial charge in [0.25, 0.3) is 0 Å². The van der Waals surface area contributed by atoms with Crippen LogP contribution in [0.5, 0.6) is 0 Å². The number of amides is 4. The van der Waals surface area contributed by atoms with Crippen LogP contribution < -0.4 is 10.6 Å². The summed E-state index contributed by atoms with van der Waals surface area (Å²) in [5.74, 6) is -7.20. The Hall–Kier alpha value is -7.82. The number of aliphatic imine (C=N–C) groups is 2. The molecule has 0 bridgehead atoms. The van der Waals surface area contributed by atoms with Crippen LogP contribution in [0, 0.1) is 37.1 Å². The second-order valence-electron chi connectivity index (χ2n) is 21.0. The second kappa shape index (κ2) is 22.5. The summed E-state index contributed by atoms with van der Waals surface area (Å²) in [5.41, 5.74) is 1.23. The van der Waals surface area contributed by atoms with Crippen molar-refractivity contribution in [2.75, 3.05) is 66.6 Å². The highest BCUT2D eigenvalue weighted by Crippen LogP contribution is 2.41. The Morgan fingerprint density at radius 1 is 0.610 bits per heavy atom. The van der Waals surface area contributed by atoms with Gasteiger partial charge in [0.05, 0.1) is 37.4 Å². The Morgan fingerprint density at radius 3 is 1.33 bits per heavy atom. The van der Waals surface area contributed by atoms with E-state index in [9.17, 15) is 56.5 Å². The number of carboxylic acids is 2. The van der Waals surface area contributed by atoms with Crippen LogP contribution in [0.4, 0.5) is 27.2 Å². The molecule has 12 rings (SSSR count). The Kier molecular flexibility index (Phi) is 15.4. The molecule has 2 aromatic heterocycles. The van der Waals surface area contributed by atoms with Crippen LogP contribution in [-0.2, 0) is 28.7 Å². The van der Waals surface area contributed by atoms with Crippen LogP contribution in [0.1, 0.15) is 70.0 Å². The van der Waals surface area contributed by atoms with Crippen LogP contribution in [0.15, 0.2) is 79.9 Å². The van der Waals surface area contributed by atoms with Crippen LogP contribution in [0.25, 0.3) is 0 Å². The number of aromatic nitrogens is 2. The minimum Gasteiger partial charge on any atom is -0.480 e. The summed E-state index contributed by atoms with van der Waals surface area (Å²) in [5, 5.41) is 31.5. The first-order valence-electron chi connectivity index (χ1n) is 26.5. The van der Waals surface area contributed by atoms with Crippen molar-refractivity contribution in [1.29, 1.82) is 0 Å². The van der Waals surface area contributed by atoms with Gasteiger partial charge in [-0.3, -0.25) is 29.4 Å². The average molecular weight is 1170 g/mol. The summed E-state index contributed by atoms with van der Waals surface area (Å²) < 4.78 is 67.7. The summed E-state index contributed by atoms with van der Waals surface area (Å²) in [6, 6.07) is -0.578. The molecule has 0 radical (unpaired) electrons. The lowest BCUT2D eigenvalue weighted by Crippen LogP contribution is -2.62. The molecular weight excluding hydrogens is 1120 g/mol. The molecule has 4 N–H and O–H groups in total. The number of nitrogens with one attached hydrogen (secondary N) is 2. The van der Waals surface area contributed by atoms with Gasteiger partial charge in [0.1, 0.15) is 24.2 Å². The van der Waals surface area contributed by atoms with Gasteiger partial charge in [-0.2, -0.15) is 0 Å². The van der Waals surface area contributed by atoms with Gasteiger partial charge in [-0.25, -0.2) is 46.7 Å². The fourth-order valence-corrected chi connectivity index (χ4v) is 13.0. The molecule has 4 aromatic rings. The van der Waals surface area contributed by atoms with Gasteiger partial charge in [0.2, 0.25) is 0 Å². The van der Waals surface area contributed by atoms with Gasteiger partial charge >= 0.3 is 35.9 Å². The van der Waals surface area contributed by atoms with Gasteiger partial charge < -0.3 is 49.9 Å². The van der Waals surface area contributed by atoms with Crippen molar-refractivity contribution >= 4 is 70.3 Å². The maximum Gasteiger partial charge on any atom is 0.338 e. The highest BCUT2D eigenvalue weighted by molar-refractivity contribution is 7.12. The van der Waals surface area contributed by atoms with E-state index < -0.39 is 83.4 Å². The molecule has 6 atom stereocenters. The van der Waals surface area contributed by atoms with E-state index >= 15 is 0 Å². The van der Waals surface area contributed by atoms with Crippen molar-refractivity contribution < 1.29 is 66.0 Å². The molecule has 6 aliphatic heterocycles. The summed E-state index contributed by atoms with van der Waals surface area (Å²) in [6.45, 7) is 4.56. The molecule has 6 fully saturated rings. The third-order valence-electron chi connectivity index (χ3n) is 16.2. The van der Waals surface area contributed by atoms with Gasteiger partial charge in [0, 0.05) is 99.0 Å². The number of hydrogen-bond donors (Lipinski definition) is 4. The fourth-order valence-electron chi connectivity index (χ4n) is 11.9. The number of thiazole rings is 2. The van der Waals surface area contributed by atoms with E-state index in [1.807, 2.05) is 0 Å². The Bertz CT molecular complexity index is 3170. The number of urea groups is 2. The first-order valence-corrected chi connectivity index (χ1v) is 28.2. The normalized spacial score (nSPS) is 24.7. The topological polar surface area (TPSA) is 255 Å². The molecule has 2 aliphatic carbocycles. The number of nitrogens with zero attached hydrogens (tertiary/aromatic N) is 10. The first kappa shape index (κ1) is 56.1. The number of ether oxygens (including phenoxy) is 2. The lowest BCUT2D eigenvalue weighted by atomic mass is 9.91. The fraction of sp³-hybridized carbons (Fsp3) is 0.444. The number of piperazine rings is 2. The van der Waals surface area contributed by atoms with Gasteiger partial charge in [-0.15, -0.1) is 22.7 Å². The summed E-state index contributed by atoms with van der Waals surface area (Å²) >= 11 is 2.58. The molecule has 4 amide bonds. The summed E-state index contributed by atoms with van der Waals surface area (Å²) in [6.07, 6.45) is 6.83. The minimum atomic E-state index is -1.08. The molecule has 28 heteroatoms. The molecule has 432 valence electrons. The molecular formula is C54H56F4N12O10S2. The zero-order chi connectivity index (χ0) is 58.0. The first-order chi connectivity index (χ1) is 39.4. The number of aliphatic carboxylic acids is 2. The Balaban J connectivity index is 0.000000172. The number of hydrogen-bond acceptors (Lipinski definition) is 18. The molecule has 22 nitrogen and oxygen atoms in total. The number of carbonyl (C=O) groups is 6. The van der Waals surface area contributed by atoms with E-state index in [4.69, 9.17) is 9.47 Å². The number of carbonyl (C=O) groups excluding carboxylic acids is 4. The molecule has 4 saturated heterocycles. The number of fused-ring (bicyclic) bond motifs is 2. The second-order valence-corrected chi connectivity index (χ2v) is 22.8. The van der Waals surface area contributed by atoms with Crippen LogP contribution >= 0.6 is 22.7 Å². The van der Waals surface area contributed by atoms with Crippen molar-refractivity contribution in [3.63, 3.8) is 0 Å². The Labute approximate surface area is 474 Å². The van der Waals surface area contributed by atoms with E-state index in [0.29, 0.717) is 59.3 Å². The smallest absolute Gasteiger partial charge is 0.338 e. The van der Waals surface area contributed by atoms with E-state index in [1.54, 1.807) is 52.6 Å². The quantitative estimate of drug-likeness (QED) is 0.0997. The maximum atomic E-state index is 14.7. The zero-order valence-corrected chi connectivity index (χ0v) is 46.3. The van der Waals surface area contributed by atoms with Crippen molar-refractivity contribution in [3.05, 3.63) is 125 Å². The number of benzene rings is 2. The zero-order valence-electron chi connectivity index (χ0n) is 44.7. The van der Waals surface area contributed by atoms with E-state index in [2.05, 4.69) is 30.6 Å². The van der Waals surface area contributed by atoms with Crippen molar-refractivity contribution in [2.45, 2.75) is 87.9 Å². The molecule has 2 saturated carbocycles. The number of halogens is 4. The van der Waals surface area contributed by atoms with Crippen LogP contribution in [0.2, 0.25) is 0 Å². The summed E-state index contributed by atoms with van der Waals surface area (Å²) in [4.78, 5) is 106. The Morgan fingerprint density at radius 2 is 1.00 bits per heavy atom. The molecule has 82 heavy (non-hydrogen) atoms. The van der Waals surface area contributed by atoms with E-state index in [1.165, 1.54) is 62.9 Å². The number of amidine groups is 2. The van der Waals surface area contributed by atoms with Crippen molar-refractivity contribution in [2.24, 2.45) is 9.98 Å². The number of esters is 2. The lowest BCUT2D eigenvalue weighted by molar-refractivity contribution is -0.148. The largest absolute Gasteiger partial charge is 0.480 e. The minimum absolute atomic E-state index is 0.0124. The monoisotopic (exact) mass is 1170 g/mol. The van der Waals surface area contributed by atoms with Gasteiger partial charge in [-0.1, -0.05) is 12.1 Å². The van der Waals surface area contributed by atoms with E-state index in [-0.39, 0.29) is 83.7 Å². The molecule has 8 heterocycles. The lowest BCUT2D eigenvalue weighted by Gasteiger charge is -2.42. The van der Waals surface area contributed by atoms with Crippen molar-refractivity contribution in [3.8, 4) is 0 Å². The van der Waals surface area contributed by atoms with Gasteiger partial charge in [-0.05, 0) is 73.9 Å². The molecule has 8 aliphatic rings. The number of methoxy groups -OCH3 is 2. The maximum absolute atomic E-state index is 14.7. The van der Waals surface area contributed by atoms with Crippen molar-refractivity contribution in [1.82, 2.24) is 50.0 Å². The van der Waals surface area contributed by atoms with Crippen LogP contribution in [0.3, 0.4) is 0 Å². The number of carboxylic acid groups (broad SMARTS) is 2. The SMILES string of the molecule is COC(=O)C1=C(CN2CCN3C(=O)N(C4CC4)C[C@@H]3[C@H]2C(=O)O)NC(c2nccs2)=N[C@H]1c1ccc(F)c(F)c1C.COC(=O)C1=C(CN2CCN3C(=O)N(C4CC4)C[C@H]3[C@@H]2C(=O)O)NC(c2nccs2)=N[C@H]1c1ccc(F)c(F)c1C. The predicted octanol–water partition coefficient (Wildman–Crippen LogP) is 4.57. The summed E-state index contributed by atoms with van der Waals surface area (Å²) in [7, 11) is 2.41. The standard InChI is InChI=1S/2C27H28F2N6O5S/c2*1-13-15(5-6-16(28)20(13)29)21-19(26(38)40-2)17(31-23(32-21)24-30-7-10-41-24)11-33-8-9-34-18(22(33)25(36)37)12-35(27(34)39)14-3-4-14/h2*5-7,10,14,18,21-22H,3-4,8-9,11-12H2,1-2H3,(H,31,32)(H,36,37)/t18-,21+,22+;18-,21-,22+/m10/s1.